The van der Waals surface area contributed by atoms with Crippen molar-refractivity contribution in [1.29, 1.82) is 5.26 Å². The molecule has 2 aromatic rings. The first-order chi connectivity index (χ1) is 10.7. The van der Waals surface area contributed by atoms with E-state index in [1.807, 2.05) is 0 Å². The molecule has 1 saturated heterocycles. The first-order valence-electron chi connectivity index (χ1n) is 6.93. The molecule has 2 N–H and O–H groups in total. The van der Waals surface area contributed by atoms with Crippen LogP contribution in [0.2, 0.25) is 0 Å². The summed E-state index contributed by atoms with van der Waals surface area (Å²) in [5.41, 5.74) is 1.02. The number of halogens is 1. The van der Waals surface area contributed by atoms with Crippen molar-refractivity contribution in [2.75, 3.05) is 13.1 Å². The Labute approximate surface area is 126 Å². The summed E-state index contributed by atoms with van der Waals surface area (Å²) >= 11 is 0. The second kappa shape index (κ2) is 5.85. The minimum absolute atomic E-state index is 0.0687. The zero-order chi connectivity index (χ0) is 15.5. The molecule has 0 radical (unpaired) electrons. The Morgan fingerprint density at radius 2 is 2.32 bits per heavy atom. The Balaban J connectivity index is 1.70. The summed E-state index contributed by atoms with van der Waals surface area (Å²) in [4.78, 5) is 13.7. The van der Waals surface area contributed by atoms with E-state index in [2.05, 4.69) is 21.7 Å². The summed E-state index contributed by atoms with van der Waals surface area (Å²) < 4.78 is 13.7. The van der Waals surface area contributed by atoms with Crippen molar-refractivity contribution in [3.8, 4) is 17.5 Å². The van der Waals surface area contributed by atoms with Gasteiger partial charge in [0.2, 0.25) is 0 Å². The van der Waals surface area contributed by atoms with E-state index in [9.17, 15) is 9.18 Å². The van der Waals surface area contributed by atoms with Gasteiger partial charge in [0.1, 0.15) is 5.82 Å². The number of likely N-dealkylation sites (tertiary alicyclic amines) is 1. The SMILES string of the molecule is N#CN1CC[C@@H](NC(=O)c2cc(-c3ccccc3F)[nH]n2)C1. The van der Waals surface area contributed by atoms with Gasteiger partial charge < -0.3 is 10.2 Å². The Hall–Kier alpha value is -2.88. The third-order valence-corrected chi connectivity index (χ3v) is 3.64. The number of rotatable bonds is 3. The number of nitrogens with zero attached hydrogens (tertiary/aromatic N) is 3. The molecule has 1 aromatic carbocycles. The number of H-pyrrole nitrogens is 1. The van der Waals surface area contributed by atoms with Crippen LogP contribution in [0.3, 0.4) is 0 Å². The molecule has 7 heteroatoms. The predicted octanol–water partition coefficient (Wildman–Crippen LogP) is 1.50. The van der Waals surface area contributed by atoms with Crippen LogP contribution in [0.5, 0.6) is 0 Å². The highest BCUT2D eigenvalue weighted by molar-refractivity contribution is 5.93. The van der Waals surface area contributed by atoms with Gasteiger partial charge in [0.15, 0.2) is 11.9 Å². The molecular formula is C15H14FN5O. The lowest BCUT2D eigenvalue weighted by Gasteiger charge is -2.10. The van der Waals surface area contributed by atoms with Gasteiger partial charge in [0.25, 0.3) is 5.91 Å². The fraction of sp³-hybridized carbons (Fsp3) is 0.267. The molecule has 1 fully saturated rings. The zero-order valence-corrected chi connectivity index (χ0v) is 11.7. The van der Waals surface area contributed by atoms with Gasteiger partial charge in [-0.25, -0.2) is 4.39 Å². The Morgan fingerprint density at radius 1 is 1.50 bits per heavy atom. The van der Waals surface area contributed by atoms with E-state index in [1.165, 1.54) is 12.1 Å². The number of carbonyl (C=O) groups excluding carboxylic acids is 1. The maximum atomic E-state index is 13.7. The normalized spacial score (nSPS) is 17.3. The monoisotopic (exact) mass is 299 g/mol. The summed E-state index contributed by atoms with van der Waals surface area (Å²) in [7, 11) is 0. The van der Waals surface area contributed by atoms with Gasteiger partial charge in [0.05, 0.1) is 5.69 Å². The number of amides is 1. The number of benzene rings is 1. The third-order valence-electron chi connectivity index (χ3n) is 3.64. The topological polar surface area (TPSA) is 84.8 Å². The molecule has 22 heavy (non-hydrogen) atoms. The number of hydrogen-bond acceptors (Lipinski definition) is 4. The molecule has 0 bridgehead atoms. The summed E-state index contributed by atoms with van der Waals surface area (Å²) in [6, 6.07) is 7.74. The largest absolute Gasteiger partial charge is 0.346 e. The van der Waals surface area contributed by atoms with E-state index in [0.717, 1.165) is 6.42 Å². The summed E-state index contributed by atoms with van der Waals surface area (Å²) in [6.07, 6.45) is 2.78. The molecule has 1 atom stereocenters. The Morgan fingerprint density at radius 3 is 3.05 bits per heavy atom. The van der Waals surface area contributed by atoms with Crippen molar-refractivity contribution in [1.82, 2.24) is 20.4 Å². The van der Waals surface area contributed by atoms with E-state index < -0.39 is 0 Å². The molecule has 1 amide bonds. The molecule has 1 aliphatic rings. The minimum atomic E-state index is -0.376. The lowest BCUT2D eigenvalue weighted by molar-refractivity contribution is 0.0933. The van der Waals surface area contributed by atoms with Gasteiger partial charge in [-0.3, -0.25) is 9.89 Å². The standard InChI is InChI=1S/C15H14FN5O/c16-12-4-2-1-3-11(12)13-7-14(20-19-13)15(22)18-10-5-6-21(8-10)9-17/h1-4,7,10H,5-6,8H2,(H,18,22)(H,19,20)/t10-/m1/s1. The number of nitriles is 1. The molecule has 3 rings (SSSR count). The van der Waals surface area contributed by atoms with Crippen molar-refractivity contribution in [2.45, 2.75) is 12.5 Å². The van der Waals surface area contributed by atoms with Crippen LogP contribution in [-0.4, -0.2) is 40.1 Å². The highest BCUT2D eigenvalue weighted by Crippen LogP contribution is 2.21. The molecule has 2 heterocycles. The molecule has 0 saturated carbocycles. The lowest BCUT2D eigenvalue weighted by atomic mass is 10.1. The highest BCUT2D eigenvalue weighted by atomic mass is 19.1. The molecular weight excluding hydrogens is 285 g/mol. The summed E-state index contributed by atoms with van der Waals surface area (Å²) in [6.45, 7) is 1.15. The highest BCUT2D eigenvalue weighted by Gasteiger charge is 2.24. The number of aromatic nitrogens is 2. The van der Waals surface area contributed by atoms with Gasteiger partial charge in [-0.2, -0.15) is 10.4 Å². The quantitative estimate of drug-likeness (QED) is 0.841. The number of carbonyl (C=O) groups is 1. The number of hydrogen-bond donors (Lipinski definition) is 2. The molecule has 0 unspecified atom stereocenters. The number of aromatic amines is 1. The molecule has 112 valence electrons. The van der Waals surface area contributed by atoms with Crippen LogP contribution in [0.1, 0.15) is 16.9 Å². The Kier molecular flexibility index (Phi) is 3.74. The van der Waals surface area contributed by atoms with E-state index in [4.69, 9.17) is 5.26 Å². The first-order valence-corrected chi connectivity index (χ1v) is 6.93. The summed E-state index contributed by atoms with van der Waals surface area (Å²) in [5, 5.41) is 18.2. The predicted molar refractivity (Wildman–Crippen MR) is 77.0 cm³/mol. The van der Waals surface area contributed by atoms with Gasteiger partial charge >= 0.3 is 0 Å². The minimum Gasteiger partial charge on any atom is -0.346 e. The Bertz CT molecular complexity index is 736. The van der Waals surface area contributed by atoms with Gasteiger partial charge in [-0.15, -0.1) is 0 Å². The van der Waals surface area contributed by atoms with Crippen molar-refractivity contribution < 1.29 is 9.18 Å². The van der Waals surface area contributed by atoms with Crippen molar-refractivity contribution in [3.63, 3.8) is 0 Å². The van der Waals surface area contributed by atoms with Crippen LogP contribution in [0, 0.1) is 17.3 Å². The van der Waals surface area contributed by atoms with Crippen molar-refractivity contribution in [3.05, 3.63) is 41.8 Å². The fourth-order valence-corrected chi connectivity index (χ4v) is 2.48. The van der Waals surface area contributed by atoms with E-state index in [0.29, 0.717) is 24.3 Å². The van der Waals surface area contributed by atoms with Crippen LogP contribution in [-0.2, 0) is 0 Å². The molecule has 1 aromatic heterocycles. The second-order valence-electron chi connectivity index (χ2n) is 5.15. The van der Waals surface area contributed by atoms with E-state index >= 15 is 0 Å². The second-order valence-corrected chi connectivity index (χ2v) is 5.15. The first kappa shape index (κ1) is 14.1. The van der Waals surface area contributed by atoms with E-state index in [1.54, 1.807) is 23.1 Å². The van der Waals surface area contributed by atoms with Crippen LogP contribution < -0.4 is 5.32 Å². The molecule has 6 nitrogen and oxygen atoms in total. The zero-order valence-electron chi connectivity index (χ0n) is 11.7. The molecule has 1 aliphatic heterocycles. The maximum Gasteiger partial charge on any atom is 0.272 e. The molecule has 0 aliphatic carbocycles. The average molecular weight is 299 g/mol. The van der Waals surface area contributed by atoms with Crippen LogP contribution in [0.15, 0.2) is 30.3 Å². The van der Waals surface area contributed by atoms with Crippen molar-refractivity contribution in [2.24, 2.45) is 0 Å². The van der Waals surface area contributed by atoms with Gasteiger partial charge in [0, 0.05) is 24.7 Å². The number of nitrogens with one attached hydrogen (secondary N) is 2. The van der Waals surface area contributed by atoms with Gasteiger partial charge in [-0.1, -0.05) is 12.1 Å². The lowest BCUT2D eigenvalue weighted by Crippen LogP contribution is -2.36. The third kappa shape index (κ3) is 2.76. The summed E-state index contributed by atoms with van der Waals surface area (Å²) in [5.74, 6) is -0.706. The average Bonchev–Trinajstić information content (AvgIpc) is 3.16. The van der Waals surface area contributed by atoms with Gasteiger partial charge in [-0.05, 0) is 24.6 Å². The van der Waals surface area contributed by atoms with E-state index in [-0.39, 0.29) is 23.5 Å². The van der Waals surface area contributed by atoms with Crippen molar-refractivity contribution >= 4 is 5.91 Å². The molecule has 0 spiro atoms. The maximum absolute atomic E-state index is 13.7. The smallest absolute Gasteiger partial charge is 0.272 e. The van der Waals surface area contributed by atoms with Crippen LogP contribution in [0.4, 0.5) is 4.39 Å². The van der Waals surface area contributed by atoms with Crippen LogP contribution in [0.25, 0.3) is 11.3 Å². The van der Waals surface area contributed by atoms with Crippen LogP contribution >= 0.6 is 0 Å². The fourth-order valence-electron chi connectivity index (χ4n) is 2.48.